The molecule has 7 atom stereocenters. The lowest BCUT2D eigenvalue weighted by atomic mass is 9.77. The highest BCUT2D eigenvalue weighted by molar-refractivity contribution is 7.55. The van der Waals surface area contributed by atoms with Gasteiger partial charge in [-0.1, -0.05) is 44.4 Å². The molecule has 2 aliphatic heterocycles. The first kappa shape index (κ1) is 35.7. The molecule has 11 heteroatoms. The molecule has 1 N–H and O–H groups in total. The SMILES string of the molecule is C=CC1CC1(CC(=O)[C@@H]1C[C@@H]2CN1C(=O)[C@H](C1CCCCC1)CC(=O)OC[C@H](C)CCCc1ccc3ccnc(c3c1)O2)P(=O)(O)OCC. The third-order valence-electron chi connectivity index (χ3n) is 11.3. The Bertz CT molecular complexity index is 1610. The minimum absolute atomic E-state index is 0.00114. The highest BCUT2D eigenvalue weighted by atomic mass is 31.2. The zero-order valence-corrected chi connectivity index (χ0v) is 29.8. The number of carbonyl (C=O) groups excluding carboxylic acids is 3. The Morgan fingerprint density at radius 2 is 1.98 bits per heavy atom. The number of ether oxygens (including phenoxy) is 2. The van der Waals surface area contributed by atoms with Crippen LogP contribution in [0.3, 0.4) is 0 Å². The molecule has 4 bridgehead atoms. The van der Waals surface area contributed by atoms with E-state index in [1.54, 1.807) is 24.1 Å². The number of aryl methyl sites for hydroxylation is 1. The van der Waals surface area contributed by atoms with Gasteiger partial charge in [0.2, 0.25) is 11.8 Å². The lowest BCUT2D eigenvalue weighted by molar-refractivity contribution is -0.152. The van der Waals surface area contributed by atoms with Crippen LogP contribution in [0.25, 0.3) is 10.8 Å². The molecule has 1 amide bonds. The number of pyridine rings is 1. The number of aromatic nitrogens is 1. The van der Waals surface area contributed by atoms with Crippen LogP contribution in [-0.4, -0.2) is 69.5 Å². The van der Waals surface area contributed by atoms with E-state index in [0.29, 0.717) is 18.9 Å². The van der Waals surface area contributed by atoms with Gasteiger partial charge in [-0.2, -0.15) is 0 Å². The quantitative estimate of drug-likeness (QED) is 0.180. The molecule has 3 unspecified atom stereocenters. The molecule has 3 fully saturated rings. The van der Waals surface area contributed by atoms with Gasteiger partial charge in [0, 0.05) is 24.4 Å². The number of cyclic esters (lactones) is 1. The van der Waals surface area contributed by atoms with Crippen LogP contribution in [0.15, 0.2) is 43.1 Å². The maximum Gasteiger partial charge on any atom is 0.335 e. The fourth-order valence-electron chi connectivity index (χ4n) is 8.42. The molecule has 0 spiro atoms. The first-order valence-electron chi connectivity index (χ1n) is 18.2. The van der Waals surface area contributed by atoms with Crippen LogP contribution in [0.4, 0.5) is 0 Å². The number of hydrogen-bond donors (Lipinski definition) is 1. The highest BCUT2D eigenvalue weighted by Crippen LogP contribution is 2.73. The minimum atomic E-state index is -4.17. The molecule has 4 aliphatic rings. The van der Waals surface area contributed by atoms with Crippen molar-refractivity contribution >= 4 is 36.0 Å². The molecule has 49 heavy (non-hydrogen) atoms. The molecule has 10 nitrogen and oxygen atoms in total. The van der Waals surface area contributed by atoms with Crippen LogP contribution in [0.5, 0.6) is 5.88 Å². The molecule has 2 aromatic rings. The summed E-state index contributed by atoms with van der Waals surface area (Å²) in [7, 11) is -4.17. The molecular weight excluding hydrogens is 643 g/mol. The molecule has 6 rings (SSSR count). The average Bonchev–Trinajstić information content (AvgIpc) is 3.66. The second-order valence-corrected chi connectivity index (χ2v) is 17.0. The van der Waals surface area contributed by atoms with Crippen molar-refractivity contribution in [3.63, 3.8) is 0 Å². The van der Waals surface area contributed by atoms with E-state index in [2.05, 4.69) is 36.7 Å². The maximum atomic E-state index is 14.7. The van der Waals surface area contributed by atoms with Crippen LogP contribution in [0.2, 0.25) is 0 Å². The zero-order chi connectivity index (χ0) is 34.8. The Balaban J connectivity index is 1.36. The number of hydrogen-bond acceptors (Lipinski definition) is 8. The normalized spacial score (nSPS) is 31.3. The smallest absolute Gasteiger partial charge is 0.335 e. The summed E-state index contributed by atoms with van der Waals surface area (Å²) in [5.41, 5.74) is 1.15. The average molecular weight is 695 g/mol. The van der Waals surface area contributed by atoms with E-state index in [0.717, 1.165) is 67.7 Å². The second kappa shape index (κ2) is 15.0. The number of benzene rings is 1. The topological polar surface area (TPSA) is 132 Å². The van der Waals surface area contributed by atoms with Gasteiger partial charge in [0.25, 0.3) is 0 Å². The summed E-state index contributed by atoms with van der Waals surface area (Å²) in [6, 6.07) is 7.32. The number of Topliss-reactive ketones (excluding diaryl/α,β-unsaturated/α-hetero) is 1. The maximum absolute atomic E-state index is 14.7. The van der Waals surface area contributed by atoms with Crippen molar-refractivity contribution in [3.05, 3.63) is 48.7 Å². The summed E-state index contributed by atoms with van der Waals surface area (Å²) in [6.45, 7) is 8.03. The van der Waals surface area contributed by atoms with Crippen LogP contribution >= 0.6 is 7.60 Å². The Hall–Kier alpha value is -3.07. The van der Waals surface area contributed by atoms with Gasteiger partial charge in [-0.05, 0) is 86.3 Å². The van der Waals surface area contributed by atoms with E-state index < -0.39 is 30.8 Å². The summed E-state index contributed by atoms with van der Waals surface area (Å²) >= 11 is 0. The van der Waals surface area contributed by atoms with Crippen molar-refractivity contribution in [2.75, 3.05) is 19.8 Å². The number of allylic oxidation sites excluding steroid dienone is 1. The van der Waals surface area contributed by atoms with E-state index in [4.69, 9.17) is 14.0 Å². The number of nitrogens with zero attached hydrogens (tertiary/aromatic N) is 2. The first-order chi connectivity index (χ1) is 23.5. The zero-order valence-electron chi connectivity index (χ0n) is 28.9. The van der Waals surface area contributed by atoms with Gasteiger partial charge in [0.1, 0.15) is 6.10 Å². The van der Waals surface area contributed by atoms with Crippen molar-refractivity contribution in [1.29, 1.82) is 0 Å². The largest absolute Gasteiger partial charge is 0.472 e. The number of ketones is 1. The molecule has 1 aromatic heterocycles. The van der Waals surface area contributed by atoms with Crippen LogP contribution in [0.1, 0.15) is 90.0 Å². The van der Waals surface area contributed by atoms with Crippen molar-refractivity contribution in [2.24, 2.45) is 23.7 Å². The fourth-order valence-corrected chi connectivity index (χ4v) is 10.3. The minimum Gasteiger partial charge on any atom is -0.472 e. The van der Waals surface area contributed by atoms with Crippen LogP contribution in [-0.2, 0) is 34.6 Å². The highest BCUT2D eigenvalue weighted by Gasteiger charge is 2.66. The third kappa shape index (κ3) is 7.67. The van der Waals surface area contributed by atoms with Gasteiger partial charge in [0.05, 0.1) is 43.3 Å². The van der Waals surface area contributed by atoms with Gasteiger partial charge >= 0.3 is 13.6 Å². The number of carbonyl (C=O) groups is 3. The van der Waals surface area contributed by atoms with Crippen molar-refractivity contribution in [1.82, 2.24) is 9.88 Å². The summed E-state index contributed by atoms with van der Waals surface area (Å²) in [5.74, 6) is -1.30. The van der Waals surface area contributed by atoms with E-state index in [9.17, 15) is 23.8 Å². The van der Waals surface area contributed by atoms with Crippen molar-refractivity contribution in [3.8, 4) is 5.88 Å². The Morgan fingerprint density at radius 1 is 1.18 bits per heavy atom. The molecule has 3 heterocycles. The van der Waals surface area contributed by atoms with Gasteiger partial charge in [-0.3, -0.25) is 18.9 Å². The number of fused-ring (bicyclic) bond motifs is 3. The molecule has 0 radical (unpaired) electrons. The third-order valence-corrected chi connectivity index (χ3v) is 13.7. The van der Waals surface area contributed by atoms with Gasteiger partial charge in [-0.25, -0.2) is 4.98 Å². The van der Waals surface area contributed by atoms with Crippen molar-refractivity contribution < 1.29 is 37.8 Å². The molecule has 2 aliphatic carbocycles. The summed E-state index contributed by atoms with van der Waals surface area (Å²) in [5, 5.41) is 0.596. The Kier molecular flexibility index (Phi) is 11.0. The summed E-state index contributed by atoms with van der Waals surface area (Å²) in [6.07, 6.45) is 10.5. The van der Waals surface area contributed by atoms with E-state index >= 15 is 0 Å². The lowest BCUT2D eigenvalue weighted by Crippen LogP contribution is -2.47. The Labute approximate surface area is 289 Å². The van der Waals surface area contributed by atoms with Gasteiger partial charge < -0.3 is 23.8 Å². The molecule has 266 valence electrons. The summed E-state index contributed by atoms with van der Waals surface area (Å²) in [4.78, 5) is 59.5. The standard InChI is InChI=1S/C38H51N2O8P/c1-4-29-21-38(29,49(44,45)47-5-2)22-34(41)33-19-30-23-40(33)37(43)32(27-12-7-6-8-13-27)20-35(42)46-24-25(3)10-9-11-26-14-15-28-16-17-39-36(48-30)31(28)18-26/h4,14-18,25,27,29-30,32-33H,1,5-13,19-24H2,2-3H3,(H,44,45)/t25-,29?,30-,32+,33+,38?/m1/s1. The monoisotopic (exact) mass is 694 g/mol. The van der Waals surface area contributed by atoms with Crippen LogP contribution in [0, 0.1) is 23.7 Å². The second-order valence-electron chi connectivity index (χ2n) is 14.8. The molecule has 2 saturated carbocycles. The van der Waals surface area contributed by atoms with Gasteiger partial charge in [0.15, 0.2) is 5.78 Å². The van der Waals surface area contributed by atoms with E-state index in [1.165, 1.54) is 0 Å². The lowest BCUT2D eigenvalue weighted by Gasteiger charge is -2.34. The summed E-state index contributed by atoms with van der Waals surface area (Å²) < 4.78 is 31.1. The number of esters is 1. The first-order valence-corrected chi connectivity index (χ1v) is 19.8. The van der Waals surface area contributed by atoms with Gasteiger partial charge in [-0.15, -0.1) is 6.58 Å². The molecule has 1 aromatic carbocycles. The predicted octanol–water partition coefficient (Wildman–Crippen LogP) is 6.81. The van der Waals surface area contributed by atoms with E-state index in [1.807, 2.05) is 6.07 Å². The number of rotatable bonds is 8. The molecule has 1 saturated heterocycles. The fraction of sp³-hybridized carbons (Fsp3) is 0.632. The predicted molar refractivity (Wildman–Crippen MR) is 186 cm³/mol. The Morgan fingerprint density at radius 3 is 2.71 bits per heavy atom. The van der Waals surface area contributed by atoms with E-state index in [-0.39, 0.29) is 67.8 Å². The van der Waals surface area contributed by atoms with Crippen LogP contribution < -0.4 is 4.74 Å². The molecular formula is C38H51N2O8P. The number of amides is 1. The van der Waals surface area contributed by atoms with Crippen molar-refractivity contribution in [2.45, 2.75) is 108 Å².